The molecule has 3 aromatic rings. The molecule has 142 valence electrons. The van der Waals surface area contributed by atoms with Crippen LogP contribution >= 0.6 is 15.9 Å². The third-order valence-corrected chi connectivity index (χ3v) is 5.10. The third-order valence-electron chi connectivity index (χ3n) is 4.60. The fraction of sp³-hybridized carbons (Fsp3) is 0.190. The van der Waals surface area contributed by atoms with Crippen LogP contribution in [0.15, 0.2) is 70.4 Å². The maximum Gasteiger partial charge on any atom is 0.269 e. The van der Waals surface area contributed by atoms with Gasteiger partial charge in [0.1, 0.15) is 0 Å². The molecule has 0 spiro atoms. The van der Waals surface area contributed by atoms with Crippen LogP contribution in [0.1, 0.15) is 23.1 Å². The molecule has 2 heterocycles. The molecule has 1 aromatic heterocycles. The van der Waals surface area contributed by atoms with E-state index in [2.05, 4.69) is 50.6 Å². The van der Waals surface area contributed by atoms with Crippen molar-refractivity contribution >= 4 is 33.4 Å². The number of carbonyl (C=O) groups is 1. The van der Waals surface area contributed by atoms with Crippen molar-refractivity contribution in [3.8, 4) is 0 Å². The van der Waals surface area contributed by atoms with E-state index in [1.807, 2.05) is 42.6 Å². The Morgan fingerprint density at radius 3 is 2.93 bits per heavy atom. The van der Waals surface area contributed by atoms with Gasteiger partial charge >= 0.3 is 0 Å². The van der Waals surface area contributed by atoms with E-state index in [4.69, 9.17) is 4.84 Å². The Kier molecular flexibility index (Phi) is 5.25. The molecular formula is C21H19BrN4O2. The number of aryl methyl sites for hydroxylation is 1. The number of benzene rings is 2. The minimum atomic E-state index is -0.657. The number of oxime groups is 1. The van der Waals surface area contributed by atoms with Crippen molar-refractivity contribution in [2.75, 3.05) is 5.32 Å². The first-order chi connectivity index (χ1) is 13.6. The monoisotopic (exact) mass is 438 g/mol. The number of carbonyl (C=O) groups excluding carboxylic acids is 1. The molecule has 1 atom stereocenters. The van der Waals surface area contributed by atoms with Crippen molar-refractivity contribution in [2.24, 2.45) is 5.16 Å². The zero-order valence-electron chi connectivity index (χ0n) is 15.3. The van der Waals surface area contributed by atoms with E-state index in [1.165, 1.54) is 11.1 Å². The van der Waals surface area contributed by atoms with Crippen LogP contribution in [0.2, 0.25) is 0 Å². The Bertz CT molecular complexity index is 1040. The first-order valence-electron chi connectivity index (χ1n) is 8.96. The summed E-state index contributed by atoms with van der Waals surface area (Å²) >= 11 is 3.44. The summed E-state index contributed by atoms with van der Waals surface area (Å²) in [4.78, 5) is 17.9. The van der Waals surface area contributed by atoms with Gasteiger partial charge in [-0.1, -0.05) is 57.5 Å². The quantitative estimate of drug-likeness (QED) is 0.650. The van der Waals surface area contributed by atoms with Crippen LogP contribution in [0.5, 0.6) is 0 Å². The molecule has 6 nitrogen and oxygen atoms in total. The highest BCUT2D eigenvalue weighted by atomic mass is 79.9. The van der Waals surface area contributed by atoms with Gasteiger partial charge in [-0.05, 0) is 30.2 Å². The SMILES string of the molecule is Cc1ccccc1Cn1ccc(NC(=O)C2CC(c3cccc(Br)c3)=NO2)n1. The number of rotatable bonds is 5. The number of halogens is 1. The van der Waals surface area contributed by atoms with Crippen molar-refractivity contribution in [1.82, 2.24) is 9.78 Å². The third kappa shape index (κ3) is 4.14. The van der Waals surface area contributed by atoms with Gasteiger partial charge in [-0.2, -0.15) is 5.10 Å². The van der Waals surface area contributed by atoms with Crippen LogP contribution < -0.4 is 5.32 Å². The van der Waals surface area contributed by atoms with Gasteiger partial charge in [0.05, 0.1) is 12.3 Å². The first kappa shape index (κ1) is 18.4. The van der Waals surface area contributed by atoms with Crippen LogP contribution in [0.4, 0.5) is 5.82 Å². The molecule has 1 aliphatic heterocycles. The van der Waals surface area contributed by atoms with Crippen molar-refractivity contribution in [1.29, 1.82) is 0 Å². The van der Waals surface area contributed by atoms with Gasteiger partial charge in [0.2, 0.25) is 6.10 Å². The average Bonchev–Trinajstić information content (AvgIpc) is 3.33. The summed E-state index contributed by atoms with van der Waals surface area (Å²) in [6.07, 6.45) is 1.61. The Labute approximate surface area is 171 Å². The van der Waals surface area contributed by atoms with E-state index in [0.29, 0.717) is 18.8 Å². The lowest BCUT2D eigenvalue weighted by Crippen LogP contribution is -2.28. The number of nitrogens with zero attached hydrogens (tertiary/aromatic N) is 3. The second-order valence-electron chi connectivity index (χ2n) is 6.66. The van der Waals surface area contributed by atoms with Gasteiger partial charge in [-0.25, -0.2) is 0 Å². The average molecular weight is 439 g/mol. The molecule has 1 aliphatic rings. The Hall–Kier alpha value is -2.93. The van der Waals surface area contributed by atoms with Gasteiger partial charge in [0.25, 0.3) is 5.91 Å². The maximum absolute atomic E-state index is 12.5. The summed E-state index contributed by atoms with van der Waals surface area (Å²) in [6, 6.07) is 17.7. The fourth-order valence-corrected chi connectivity index (χ4v) is 3.44. The molecule has 0 saturated heterocycles. The molecule has 0 aliphatic carbocycles. The van der Waals surface area contributed by atoms with Crippen LogP contribution in [-0.4, -0.2) is 27.5 Å². The molecule has 1 N–H and O–H groups in total. The molecule has 0 fully saturated rings. The topological polar surface area (TPSA) is 68.5 Å². The van der Waals surface area contributed by atoms with Crippen LogP contribution in [0.3, 0.4) is 0 Å². The highest BCUT2D eigenvalue weighted by Gasteiger charge is 2.29. The van der Waals surface area contributed by atoms with Gasteiger partial charge in [0.15, 0.2) is 5.82 Å². The Morgan fingerprint density at radius 2 is 2.11 bits per heavy atom. The minimum Gasteiger partial charge on any atom is -0.382 e. The van der Waals surface area contributed by atoms with Crippen molar-refractivity contribution in [3.63, 3.8) is 0 Å². The van der Waals surface area contributed by atoms with E-state index < -0.39 is 6.10 Å². The molecule has 0 saturated carbocycles. The van der Waals surface area contributed by atoms with Gasteiger partial charge < -0.3 is 10.2 Å². The summed E-state index contributed by atoms with van der Waals surface area (Å²) in [5.41, 5.74) is 4.09. The summed E-state index contributed by atoms with van der Waals surface area (Å²) in [7, 11) is 0. The predicted octanol–water partition coefficient (Wildman–Crippen LogP) is 4.13. The number of aromatic nitrogens is 2. The largest absolute Gasteiger partial charge is 0.382 e. The first-order valence-corrected chi connectivity index (χ1v) is 9.75. The standard InChI is InChI=1S/C21H19BrN4O2/c1-14-5-2-3-6-16(14)13-26-10-9-20(24-26)23-21(27)19-12-18(25-28-19)15-7-4-8-17(22)11-15/h2-11,19H,12-13H2,1H3,(H,23,24,27). The van der Waals surface area contributed by atoms with E-state index in [0.717, 1.165) is 15.7 Å². The van der Waals surface area contributed by atoms with E-state index in [-0.39, 0.29) is 5.91 Å². The lowest BCUT2D eigenvalue weighted by molar-refractivity contribution is -0.125. The number of nitrogens with one attached hydrogen (secondary N) is 1. The van der Waals surface area contributed by atoms with Gasteiger partial charge in [-0.3, -0.25) is 9.48 Å². The second kappa shape index (κ2) is 7.98. The maximum atomic E-state index is 12.5. The molecular weight excluding hydrogens is 420 g/mol. The van der Waals surface area contributed by atoms with Gasteiger partial charge in [0, 0.05) is 28.7 Å². The predicted molar refractivity (Wildman–Crippen MR) is 111 cm³/mol. The Morgan fingerprint density at radius 1 is 1.25 bits per heavy atom. The summed E-state index contributed by atoms with van der Waals surface area (Å²) < 4.78 is 2.76. The normalized spacial score (nSPS) is 15.8. The number of anilines is 1. The fourth-order valence-electron chi connectivity index (χ4n) is 3.04. The van der Waals surface area contributed by atoms with E-state index in [1.54, 1.807) is 10.7 Å². The van der Waals surface area contributed by atoms with E-state index >= 15 is 0 Å². The number of hydrogen-bond donors (Lipinski definition) is 1. The lowest BCUT2D eigenvalue weighted by atomic mass is 10.0. The molecule has 28 heavy (non-hydrogen) atoms. The highest BCUT2D eigenvalue weighted by molar-refractivity contribution is 9.10. The lowest BCUT2D eigenvalue weighted by Gasteiger charge is -2.08. The second-order valence-corrected chi connectivity index (χ2v) is 7.58. The molecule has 7 heteroatoms. The van der Waals surface area contributed by atoms with Crippen LogP contribution in [0.25, 0.3) is 0 Å². The van der Waals surface area contributed by atoms with Crippen LogP contribution in [-0.2, 0) is 16.2 Å². The smallest absolute Gasteiger partial charge is 0.269 e. The molecule has 1 unspecified atom stereocenters. The minimum absolute atomic E-state index is 0.255. The summed E-state index contributed by atoms with van der Waals surface area (Å²) in [5.74, 6) is 0.243. The van der Waals surface area contributed by atoms with Crippen LogP contribution in [0, 0.1) is 6.92 Å². The zero-order chi connectivity index (χ0) is 19.5. The molecule has 0 bridgehead atoms. The molecule has 0 radical (unpaired) electrons. The number of amides is 1. The molecule has 1 amide bonds. The highest BCUT2D eigenvalue weighted by Crippen LogP contribution is 2.20. The van der Waals surface area contributed by atoms with Crippen molar-refractivity contribution in [2.45, 2.75) is 26.0 Å². The van der Waals surface area contributed by atoms with Gasteiger partial charge in [-0.15, -0.1) is 0 Å². The summed E-state index contributed by atoms with van der Waals surface area (Å²) in [6.45, 7) is 2.72. The van der Waals surface area contributed by atoms with Crippen molar-refractivity contribution < 1.29 is 9.63 Å². The summed E-state index contributed by atoms with van der Waals surface area (Å²) in [5, 5.41) is 11.3. The number of hydrogen-bond acceptors (Lipinski definition) is 4. The van der Waals surface area contributed by atoms with Crippen molar-refractivity contribution in [3.05, 3.63) is 82.0 Å². The Balaban J connectivity index is 1.36. The zero-order valence-corrected chi connectivity index (χ0v) is 16.9. The van der Waals surface area contributed by atoms with E-state index in [9.17, 15) is 4.79 Å². The molecule has 4 rings (SSSR count). The molecule has 2 aromatic carbocycles.